The summed E-state index contributed by atoms with van der Waals surface area (Å²) < 4.78 is 24.5. The van der Waals surface area contributed by atoms with Crippen LogP contribution in [0.2, 0.25) is 0 Å². The van der Waals surface area contributed by atoms with E-state index in [0.717, 1.165) is 16.9 Å². The van der Waals surface area contributed by atoms with Gasteiger partial charge in [0, 0.05) is 25.7 Å². The van der Waals surface area contributed by atoms with Crippen LogP contribution in [0.15, 0.2) is 41.4 Å². The Labute approximate surface area is 176 Å². The fraction of sp³-hybridized carbons (Fsp3) is 0.350. The smallest absolute Gasteiger partial charge is 0.191 e. The molecule has 2 aromatic rings. The molecule has 2 N–H and O–H groups in total. The predicted octanol–water partition coefficient (Wildman–Crippen LogP) is 3.53. The molecule has 0 saturated heterocycles. The molecule has 0 amide bonds. The van der Waals surface area contributed by atoms with Crippen LogP contribution >= 0.6 is 24.0 Å². The fourth-order valence-electron chi connectivity index (χ4n) is 2.87. The molecule has 1 aliphatic rings. The summed E-state index contributed by atoms with van der Waals surface area (Å²) in [6.07, 6.45) is 0.630. The van der Waals surface area contributed by atoms with Crippen molar-refractivity contribution in [3.8, 4) is 5.75 Å². The molecule has 0 spiro atoms. The first-order chi connectivity index (χ1) is 12.7. The molecule has 1 heterocycles. The van der Waals surface area contributed by atoms with Gasteiger partial charge in [-0.1, -0.05) is 29.8 Å². The second-order valence-corrected chi connectivity index (χ2v) is 6.25. The van der Waals surface area contributed by atoms with Crippen LogP contribution in [0.1, 0.15) is 22.3 Å². The first-order valence-electron chi connectivity index (χ1n) is 8.67. The number of fused-ring (bicyclic) bond motifs is 1. The molecule has 0 radical (unpaired) electrons. The van der Waals surface area contributed by atoms with E-state index < -0.39 is 0 Å². The van der Waals surface area contributed by atoms with Crippen molar-refractivity contribution in [1.29, 1.82) is 0 Å². The highest BCUT2D eigenvalue weighted by Gasteiger charge is 2.16. The van der Waals surface area contributed by atoms with Crippen LogP contribution in [-0.4, -0.2) is 26.3 Å². The highest BCUT2D eigenvalue weighted by molar-refractivity contribution is 14.0. The quantitative estimate of drug-likeness (QED) is 0.387. The monoisotopic (exact) mass is 485 g/mol. The first kappa shape index (κ1) is 21.4. The van der Waals surface area contributed by atoms with E-state index in [1.165, 1.54) is 23.3 Å². The lowest BCUT2D eigenvalue weighted by Crippen LogP contribution is -2.37. The molecule has 2 aromatic carbocycles. The summed E-state index contributed by atoms with van der Waals surface area (Å²) in [5.74, 6) is 1.18. The third-order valence-corrected chi connectivity index (χ3v) is 4.24. The summed E-state index contributed by atoms with van der Waals surface area (Å²) in [7, 11) is 1.73. The van der Waals surface area contributed by atoms with Crippen molar-refractivity contribution >= 4 is 29.9 Å². The number of hydrogen-bond donors (Lipinski definition) is 2. The molecule has 27 heavy (non-hydrogen) atoms. The van der Waals surface area contributed by atoms with Gasteiger partial charge in [0.05, 0.1) is 6.61 Å². The minimum Gasteiger partial charge on any atom is -0.467 e. The topological polar surface area (TPSA) is 54.9 Å². The Kier molecular flexibility index (Phi) is 8.30. The largest absolute Gasteiger partial charge is 0.467 e. The summed E-state index contributed by atoms with van der Waals surface area (Å²) in [4.78, 5) is 4.23. The van der Waals surface area contributed by atoms with E-state index in [4.69, 9.17) is 9.47 Å². The zero-order chi connectivity index (χ0) is 18.4. The number of rotatable bonds is 5. The van der Waals surface area contributed by atoms with E-state index in [-0.39, 0.29) is 36.6 Å². The molecule has 0 fully saturated rings. The lowest BCUT2D eigenvalue weighted by molar-refractivity contribution is -0.0172. The number of nitrogens with zero attached hydrogens (tertiary/aromatic N) is 1. The Balaban J connectivity index is 0.00000261. The normalized spacial score (nSPS) is 13.2. The molecule has 1 aliphatic heterocycles. The molecule has 0 saturated carbocycles. The van der Waals surface area contributed by atoms with E-state index in [9.17, 15) is 4.39 Å². The second-order valence-electron chi connectivity index (χ2n) is 6.25. The van der Waals surface area contributed by atoms with Gasteiger partial charge in [-0.15, -0.1) is 24.0 Å². The molecule has 0 bridgehead atoms. The second kappa shape index (κ2) is 10.5. The Bertz CT molecular complexity index is 782. The van der Waals surface area contributed by atoms with Gasteiger partial charge in [0.25, 0.3) is 0 Å². The van der Waals surface area contributed by atoms with Crippen molar-refractivity contribution in [3.63, 3.8) is 0 Å². The highest BCUT2D eigenvalue weighted by Crippen LogP contribution is 2.29. The van der Waals surface area contributed by atoms with Gasteiger partial charge in [-0.25, -0.2) is 4.39 Å². The van der Waals surface area contributed by atoms with Crippen LogP contribution in [0, 0.1) is 12.7 Å². The predicted molar refractivity (Wildman–Crippen MR) is 115 cm³/mol. The zero-order valence-corrected chi connectivity index (χ0v) is 17.9. The minimum absolute atomic E-state index is 0. The number of benzene rings is 2. The molecule has 146 valence electrons. The summed E-state index contributed by atoms with van der Waals surface area (Å²) in [6, 6.07) is 11.3. The van der Waals surface area contributed by atoms with E-state index in [2.05, 4.69) is 46.8 Å². The van der Waals surface area contributed by atoms with Crippen LogP contribution in [0.3, 0.4) is 0 Å². The van der Waals surface area contributed by atoms with Gasteiger partial charge in [-0.3, -0.25) is 4.99 Å². The lowest BCUT2D eigenvalue weighted by Gasteiger charge is -2.21. The molecule has 5 nitrogen and oxygen atoms in total. The number of guanidine groups is 1. The number of hydrogen-bond acceptors (Lipinski definition) is 3. The van der Waals surface area contributed by atoms with Gasteiger partial charge in [-0.2, -0.15) is 0 Å². The maximum absolute atomic E-state index is 13.8. The van der Waals surface area contributed by atoms with E-state index in [1.54, 1.807) is 7.05 Å². The Morgan fingerprint density at radius 2 is 1.96 bits per heavy atom. The number of aliphatic imine (C=N–C) groups is 1. The van der Waals surface area contributed by atoms with Gasteiger partial charge in [0.1, 0.15) is 11.6 Å². The molecule has 0 atom stereocenters. The van der Waals surface area contributed by atoms with E-state index in [1.807, 2.05) is 0 Å². The standard InChI is InChI=1S/C20H24FN3O2.HI/c1-14-3-5-15(6-4-14)11-24-20(22-2)23-8-7-16-9-18(21)10-17-12-25-13-26-19(16)17;/h3-6,9-10H,7-8,11-13H2,1-2H3,(H2,22,23,24);1H. The minimum atomic E-state index is -0.269. The van der Waals surface area contributed by atoms with Crippen molar-refractivity contribution in [3.05, 3.63) is 64.5 Å². The SMILES string of the molecule is CN=C(NCCc1cc(F)cc2c1OCOC2)NCc1ccc(C)cc1.I. The average molecular weight is 485 g/mol. The Morgan fingerprint density at radius 1 is 1.19 bits per heavy atom. The number of aryl methyl sites for hydroxylation is 1. The molecule has 7 heteroatoms. The third kappa shape index (κ3) is 6.07. The molecule has 0 aliphatic carbocycles. The van der Waals surface area contributed by atoms with E-state index in [0.29, 0.717) is 32.1 Å². The molecule has 0 unspecified atom stereocenters. The molecular formula is C20H25FIN3O2. The van der Waals surface area contributed by atoms with Gasteiger partial charge in [-0.05, 0) is 36.6 Å². The van der Waals surface area contributed by atoms with Gasteiger partial charge < -0.3 is 20.1 Å². The third-order valence-electron chi connectivity index (χ3n) is 4.24. The maximum atomic E-state index is 13.8. The summed E-state index contributed by atoms with van der Waals surface area (Å²) in [5.41, 5.74) is 4.02. The zero-order valence-electron chi connectivity index (χ0n) is 15.5. The van der Waals surface area contributed by atoms with Crippen LogP contribution in [0.5, 0.6) is 5.75 Å². The van der Waals surface area contributed by atoms with Gasteiger partial charge in [0.15, 0.2) is 12.8 Å². The van der Waals surface area contributed by atoms with Crippen LogP contribution < -0.4 is 15.4 Å². The molecule has 0 aromatic heterocycles. The average Bonchev–Trinajstić information content (AvgIpc) is 2.65. The van der Waals surface area contributed by atoms with Crippen molar-refractivity contribution in [2.75, 3.05) is 20.4 Å². The lowest BCUT2D eigenvalue weighted by atomic mass is 10.1. The number of nitrogens with one attached hydrogen (secondary N) is 2. The highest BCUT2D eigenvalue weighted by atomic mass is 127. The molecule has 3 rings (SSSR count). The first-order valence-corrected chi connectivity index (χ1v) is 8.67. The molecular weight excluding hydrogens is 460 g/mol. The Morgan fingerprint density at radius 3 is 2.70 bits per heavy atom. The van der Waals surface area contributed by atoms with E-state index >= 15 is 0 Å². The van der Waals surface area contributed by atoms with Crippen LogP contribution in [-0.2, 0) is 24.3 Å². The summed E-state index contributed by atoms with van der Waals surface area (Å²) in [5, 5.41) is 6.53. The van der Waals surface area contributed by atoms with Crippen molar-refractivity contribution in [2.24, 2.45) is 4.99 Å². The van der Waals surface area contributed by atoms with Crippen molar-refractivity contribution < 1.29 is 13.9 Å². The number of ether oxygens (including phenoxy) is 2. The van der Waals surface area contributed by atoms with Gasteiger partial charge >= 0.3 is 0 Å². The summed E-state index contributed by atoms with van der Waals surface area (Å²) in [6.45, 7) is 3.97. The van der Waals surface area contributed by atoms with Gasteiger partial charge in [0.2, 0.25) is 0 Å². The van der Waals surface area contributed by atoms with Crippen molar-refractivity contribution in [1.82, 2.24) is 10.6 Å². The van der Waals surface area contributed by atoms with Crippen LogP contribution in [0.25, 0.3) is 0 Å². The maximum Gasteiger partial charge on any atom is 0.191 e. The Hall–Kier alpha value is -1.87. The number of halogens is 2. The van der Waals surface area contributed by atoms with Crippen molar-refractivity contribution in [2.45, 2.75) is 26.5 Å². The fourth-order valence-corrected chi connectivity index (χ4v) is 2.87. The summed E-state index contributed by atoms with van der Waals surface area (Å²) >= 11 is 0. The van der Waals surface area contributed by atoms with Crippen LogP contribution in [0.4, 0.5) is 4.39 Å².